The number of nitrogens with zero attached hydrogens (tertiary/aromatic N) is 1. The predicted octanol–water partition coefficient (Wildman–Crippen LogP) is 5.33. The molecule has 0 aliphatic heterocycles. The minimum atomic E-state index is 0.367. The Morgan fingerprint density at radius 3 is 2.52 bits per heavy atom. The fraction of sp³-hybridized carbons (Fsp3) is 0.267. The van der Waals surface area contributed by atoms with Crippen molar-refractivity contribution in [1.82, 2.24) is 10.3 Å². The van der Waals surface area contributed by atoms with Gasteiger partial charge in [0.1, 0.15) is 11.5 Å². The van der Waals surface area contributed by atoms with Crippen LogP contribution in [0.4, 0.5) is 0 Å². The minimum Gasteiger partial charge on any atom is -0.455 e. The number of aromatic nitrogens is 1. The molecule has 0 unspecified atom stereocenters. The molecule has 0 bridgehead atoms. The summed E-state index contributed by atoms with van der Waals surface area (Å²) in [7, 11) is 0. The lowest BCUT2D eigenvalue weighted by atomic mass is 10.2. The highest BCUT2D eigenvalue weighted by atomic mass is 35.5. The van der Waals surface area contributed by atoms with E-state index in [1.54, 1.807) is 30.6 Å². The summed E-state index contributed by atoms with van der Waals surface area (Å²) in [6, 6.07) is 5.32. The quantitative estimate of drug-likeness (QED) is 0.743. The first-order valence-corrected chi connectivity index (χ1v) is 7.59. The second-order valence-corrected chi connectivity index (χ2v) is 6.04. The lowest BCUT2D eigenvalue weighted by Gasteiger charge is -2.14. The van der Waals surface area contributed by atoms with Gasteiger partial charge in [-0.15, -0.1) is 0 Å². The van der Waals surface area contributed by atoms with E-state index in [-0.39, 0.29) is 0 Å². The van der Waals surface area contributed by atoms with Crippen LogP contribution in [0.25, 0.3) is 0 Å². The van der Waals surface area contributed by atoms with Crippen LogP contribution in [0, 0.1) is 0 Å². The molecule has 0 radical (unpaired) electrons. The van der Waals surface area contributed by atoms with E-state index in [1.807, 2.05) is 0 Å². The Labute approximate surface area is 139 Å². The highest BCUT2D eigenvalue weighted by molar-refractivity contribution is 6.43. The Balaban J connectivity index is 2.25. The Morgan fingerprint density at radius 2 is 1.81 bits per heavy atom. The second kappa shape index (κ2) is 7.32. The van der Waals surface area contributed by atoms with E-state index in [4.69, 9.17) is 39.5 Å². The number of hydrogen-bond acceptors (Lipinski definition) is 3. The van der Waals surface area contributed by atoms with Crippen LogP contribution in [-0.2, 0) is 6.54 Å². The molecule has 2 aromatic rings. The van der Waals surface area contributed by atoms with Crippen molar-refractivity contribution in [1.29, 1.82) is 0 Å². The summed E-state index contributed by atoms with van der Waals surface area (Å²) in [6.45, 7) is 4.80. The third-order valence-electron chi connectivity index (χ3n) is 2.75. The van der Waals surface area contributed by atoms with E-state index in [2.05, 4.69) is 24.1 Å². The maximum atomic E-state index is 6.13. The third kappa shape index (κ3) is 4.48. The van der Waals surface area contributed by atoms with Crippen LogP contribution in [0.15, 0.2) is 30.6 Å². The van der Waals surface area contributed by atoms with Crippen LogP contribution in [0.5, 0.6) is 11.5 Å². The number of benzene rings is 1. The maximum absolute atomic E-state index is 6.13. The second-order valence-electron chi connectivity index (χ2n) is 4.82. The van der Waals surface area contributed by atoms with Crippen molar-refractivity contribution in [2.24, 2.45) is 0 Å². The van der Waals surface area contributed by atoms with Crippen molar-refractivity contribution in [3.8, 4) is 11.5 Å². The van der Waals surface area contributed by atoms with E-state index in [0.29, 0.717) is 39.2 Å². The first kappa shape index (κ1) is 16.4. The van der Waals surface area contributed by atoms with Gasteiger partial charge in [0.15, 0.2) is 0 Å². The third-order valence-corrected chi connectivity index (χ3v) is 3.77. The average molecular weight is 346 g/mol. The standard InChI is InChI=1S/C15H15Cl3N2O/c1-9(2)20-8-10-7-19-4-3-14(10)21-15-6-12(17)11(16)5-13(15)18/h3-7,9,20H,8H2,1-2H3. The fourth-order valence-electron chi connectivity index (χ4n) is 1.66. The molecule has 0 fully saturated rings. The van der Waals surface area contributed by atoms with Crippen LogP contribution < -0.4 is 10.1 Å². The molecule has 1 aromatic carbocycles. The van der Waals surface area contributed by atoms with Gasteiger partial charge in [0.05, 0.1) is 15.1 Å². The number of halogens is 3. The number of rotatable bonds is 5. The predicted molar refractivity (Wildman–Crippen MR) is 87.8 cm³/mol. The molecule has 21 heavy (non-hydrogen) atoms. The highest BCUT2D eigenvalue weighted by Crippen LogP contribution is 2.37. The van der Waals surface area contributed by atoms with E-state index in [1.165, 1.54) is 0 Å². The summed E-state index contributed by atoms with van der Waals surface area (Å²) in [5, 5.41) is 4.52. The molecule has 1 aromatic heterocycles. The molecule has 0 aliphatic carbocycles. The minimum absolute atomic E-state index is 0.367. The molecular weight excluding hydrogens is 331 g/mol. The monoisotopic (exact) mass is 344 g/mol. The first-order chi connectivity index (χ1) is 9.97. The molecule has 0 amide bonds. The molecule has 0 spiro atoms. The fourth-order valence-corrected chi connectivity index (χ4v) is 2.24. The number of nitrogens with one attached hydrogen (secondary N) is 1. The van der Waals surface area contributed by atoms with Crippen LogP contribution >= 0.6 is 34.8 Å². The summed E-state index contributed by atoms with van der Waals surface area (Å²) in [5.74, 6) is 1.14. The van der Waals surface area contributed by atoms with Crippen molar-refractivity contribution < 1.29 is 4.74 Å². The average Bonchev–Trinajstić information content (AvgIpc) is 2.43. The number of hydrogen-bond donors (Lipinski definition) is 1. The van der Waals surface area contributed by atoms with Gasteiger partial charge in [-0.2, -0.15) is 0 Å². The zero-order chi connectivity index (χ0) is 15.4. The Bertz CT molecular complexity index is 632. The highest BCUT2D eigenvalue weighted by Gasteiger charge is 2.11. The molecule has 0 saturated heterocycles. The molecule has 0 atom stereocenters. The number of pyridine rings is 1. The largest absolute Gasteiger partial charge is 0.455 e. The topological polar surface area (TPSA) is 34.2 Å². The lowest BCUT2D eigenvalue weighted by molar-refractivity contribution is 0.468. The summed E-state index contributed by atoms with van der Waals surface area (Å²) >= 11 is 18.0. The van der Waals surface area contributed by atoms with Gasteiger partial charge < -0.3 is 10.1 Å². The van der Waals surface area contributed by atoms with Crippen LogP contribution in [-0.4, -0.2) is 11.0 Å². The molecule has 3 nitrogen and oxygen atoms in total. The van der Waals surface area contributed by atoms with Crippen LogP contribution in [0.1, 0.15) is 19.4 Å². The van der Waals surface area contributed by atoms with Crippen LogP contribution in [0.2, 0.25) is 15.1 Å². The van der Waals surface area contributed by atoms with Gasteiger partial charge in [0, 0.05) is 36.6 Å². The smallest absolute Gasteiger partial charge is 0.147 e. The number of ether oxygens (including phenoxy) is 1. The van der Waals surface area contributed by atoms with Crippen molar-refractivity contribution in [3.63, 3.8) is 0 Å². The van der Waals surface area contributed by atoms with E-state index < -0.39 is 0 Å². The van der Waals surface area contributed by atoms with Gasteiger partial charge in [-0.25, -0.2) is 0 Å². The molecule has 2 rings (SSSR count). The molecule has 112 valence electrons. The summed E-state index contributed by atoms with van der Waals surface area (Å²) < 4.78 is 5.85. The summed E-state index contributed by atoms with van der Waals surface area (Å²) in [6.07, 6.45) is 3.43. The van der Waals surface area contributed by atoms with Gasteiger partial charge in [-0.05, 0) is 12.1 Å². The zero-order valence-electron chi connectivity index (χ0n) is 11.7. The molecule has 6 heteroatoms. The Morgan fingerprint density at radius 1 is 1.10 bits per heavy atom. The van der Waals surface area contributed by atoms with Gasteiger partial charge >= 0.3 is 0 Å². The first-order valence-electron chi connectivity index (χ1n) is 6.46. The Kier molecular flexibility index (Phi) is 5.71. The van der Waals surface area contributed by atoms with Crippen molar-refractivity contribution in [3.05, 3.63) is 51.2 Å². The summed E-state index contributed by atoms with van der Waals surface area (Å²) in [4.78, 5) is 4.12. The Hall–Kier alpha value is -1.000. The lowest BCUT2D eigenvalue weighted by Crippen LogP contribution is -2.22. The maximum Gasteiger partial charge on any atom is 0.147 e. The molecule has 1 N–H and O–H groups in total. The van der Waals surface area contributed by atoms with Crippen molar-refractivity contribution in [2.75, 3.05) is 0 Å². The molecule has 0 aliphatic rings. The summed E-state index contributed by atoms with van der Waals surface area (Å²) in [5.41, 5.74) is 0.938. The van der Waals surface area contributed by atoms with Crippen LogP contribution in [0.3, 0.4) is 0 Å². The molecule has 1 heterocycles. The molecular formula is C15H15Cl3N2O. The van der Waals surface area contributed by atoms with Crippen molar-refractivity contribution >= 4 is 34.8 Å². The normalized spacial score (nSPS) is 11.0. The van der Waals surface area contributed by atoms with Gasteiger partial charge in [0.25, 0.3) is 0 Å². The van der Waals surface area contributed by atoms with Gasteiger partial charge in [-0.3, -0.25) is 4.98 Å². The molecule has 0 saturated carbocycles. The van der Waals surface area contributed by atoms with E-state index >= 15 is 0 Å². The van der Waals surface area contributed by atoms with Gasteiger partial charge in [-0.1, -0.05) is 48.7 Å². The zero-order valence-corrected chi connectivity index (χ0v) is 13.9. The van der Waals surface area contributed by atoms with Crippen molar-refractivity contribution in [2.45, 2.75) is 26.4 Å². The van der Waals surface area contributed by atoms with E-state index in [0.717, 1.165) is 5.56 Å². The van der Waals surface area contributed by atoms with Gasteiger partial charge in [0.2, 0.25) is 0 Å². The van der Waals surface area contributed by atoms with E-state index in [9.17, 15) is 0 Å². The SMILES string of the molecule is CC(C)NCc1cnccc1Oc1cc(Cl)c(Cl)cc1Cl.